The van der Waals surface area contributed by atoms with Gasteiger partial charge in [0.1, 0.15) is 4.83 Å². The maximum absolute atomic E-state index is 12.6. The van der Waals surface area contributed by atoms with Gasteiger partial charge in [-0.3, -0.25) is 4.79 Å². The van der Waals surface area contributed by atoms with Crippen LogP contribution in [0.1, 0.15) is 40.7 Å². The summed E-state index contributed by atoms with van der Waals surface area (Å²) < 4.78 is 0. The molecule has 0 unspecified atom stereocenters. The van der Waals surface area contributed by atoms with Crippen molar-refractivity contribution >= 4 is 44.3 Å². The zero-order valence-electron chi connectivity index (χ0n) is 14.2. The third-order valence-corrected chi connectivity index (χ3v) is 6.16. The molecule has 1 aromatic carbocycles. The second-order valence-corrected chi connectivity index (χ2v) is 8.16. The first kappa shape index (κ1) is 17.0. The molecule has 0 radical (unpaired) electrons. The van der Waals surface area contributed by atoms with E-state index in [0.29, 0.717) is 22.3 Å². The van der Waals surface area contributed by atoms with E-state index in [-0.39, 0.29) is 5.56 Å². The second-order valence-electron chi connectivity index (χ2n) is 6.67. The van der Waals surface area contributed by atoms with Crippen molar-refractivity contribution in [2.45, 2.75) is 26.2 Å². The predicted octanol–water partition coefficient (Wildman–Crippen LogP) is 4.72. The molecule has 1 N–H and O–H groups in total. The number of rotatable bonds is 2. The van der Waals surface area contributed by atoms with E-state index in [1.54, 1.807) is 29.5 Å². The Bertz CT molecular complexity index is 1120. The SMILES string of the molecule is C[C@@H]1CCc2c(sc3nc(/C(Cl)=C/c4ccc(C#N)cc4)[nH]c(=O)c23)C1. The van der Waals surface area contributed by atoms with Crippen LogP contribution in [0.15, 0.2) is 29.1 Å². The van der Waals surface area contributed by atoms with Crippen LogP contribution in [0.5, 0.6) is 0 Å². The molecule has 1 atom stereocenters. The van der Waals surface area contributed by atoms with Gasteiger partial charge in [-0.25, -0.2) is 4.98 Å². The molecule has 1 aliphatic rings. The summed E-state index contributed by atoms with van der Waals surface area (Å²) in [5.74, 6) is 1.02. The van der Waals surface area contributed by atoms with Crippen LogP contribution in [0.3, 0.4) is 0 Å². The number of hydrogen-bond acceptors (Lipinski definition) is 4. The molecule has 1 aliphatic carbocycles. The molecule has 6 heteroatoms. The van der Waals surface area contributed by atoms with E-state index in [9.17, 15) is 4.79 Å². The molecule has 0 bridgehead atoms. The lowest BCUT2D eigenvalue weighted by Crippen LogP contribution is -2.14. The Labute approximate surface area is 159 Å². The second kappa shape index (κ2) is 6.71. The standard InChI is InChI=1S/C20H16ClN3OS/c1-11-2-7-14-16(8-11)26-20-17(14)19(25)23-18(24-20)15(21)9-12-3-5-13(10-22)6-4-12/h3-6,9,11H,2,7-8H2,1H3,(H,23,24,25)/b15-9-/t11-/m1/s1. The van der Waals surface area contributed by atoms with E-state index in [1.165, 1.54) is 4.88 Å². The number of nitrogens with one attached hydrogen (secondary N) is 1. The van der Waals surface area contributed by atoms with E-state index in [4.69, 9.17) is 16.9 Å². The molecular weight excluding hydrogens is 366 g/mol. The van der Waals surface area contributed by atoms with Crippen molar-refractivity contribution in [3.05, 3.63) is 62.0 Å². The highest BCUT2D eigenvalue weighted by Crippen LogP contribution is 2.36. The first-order chi connectivity index (χ1) is 12.5. The molecule has 0 fully saturated rings. The van der Waals surface area contributed by atoms with E-state index in [1.807, 2.05) is 12.1 Å². The number of nitriles is 1. The summed E-state index contributed by atoms with van der Waals surface area (Å²) in [5, 5.41) is 9.96. The normalized spacial score (nSPS) is 17.1. The molecule has 4 rings (SSSR count). The molecule has 26 heavy (non-hydrogen) atoms. The summed E-state index contributed by atoms with van der Waals surface area (Å²) in [7, 11) is 0. The van der Waals surface area contributed by atoms with Gasteiger partial charge in [-0.15, -0.1) is 11.3 Å². The highest BCUT2D eigenvalue weighted by Gasteiger charge is 2.23. The largest absolute Gasteiger partial charge is 0.305 e. The fraction of sp³-hybridized carbons (Fsp3) is 0.250. The van der Waals surface area contributed by atoms with Gasteiger partial charge in [0, 0.05) is 4.88 Å². The van der Waals surface area contributed by atoms with Gasteiger partial charge < -0.3 is 4.98 Å². The smallest absolute Gasteiger partial charge is 0.260 e. The van der Waals surface area contributed by atoms with Crippen LogP contribution in [0, 0.1) is 17.2 Å². The first-order valence-corrected chi connectivity index (χ1v) is 9.67. The number of aromatic nitrogens is 2. The fourth-order valence-corrected chi connectivity index (χ4v) is 4.93. The minimum atomic E-state index is -0.122. The molecule has 0 amide bonds. The zero-order valence-corrected chi connectivity index (χ0v) is 15.7. The molecule has 0 spiro atoms. The van der Waals surface area contributed by atoms with Crippen LogP contribution in [-0.2, 0) is 12.8 Å². The molecule has 4 nitrogen and oxygen atoms in total. The van der Waals surface area contributed by atoms with Crippen LogP contribution in [0.2, 0.25) is 0 Å². The van der Waals surface area contributed by atoms with Gasteiger partial charge in [0.15, 0.2) is 5.82 Å². The maximum atomic E-state index is 12.6. The molecular formula is C20H16ClN3OS. The van der Waals surface area contributed by atoms with Crippen LogP contribution in [-0.4, -0.2) is 9.97 Å². The summed E-state index contributed by atoms with van der Waals surface area (Å²) in [6.45, 7) is 2.24. The highest BCUT2D eigenvalue weighted by atomic mass is 35.5. The minimum Gasteiger partial charge on any atom is -0.305 e. The van der Waals surface area contributed by atoms with E-state index < -0.39 is 0 Å². The van der Waals surface area contributed by atoms with Crippen LogP contribution < -0.4 is 5.56 Å². The molecule has 2 heterocycles. The Hall–Kier alpha value is -2.42. The number of H-pyrrole nitrogens is 1. The zero-order chi connectivity index (χ0) is 18.3. The molecule has 0 aliphatic heterocycles. The van der Waals surface area contributed by atoms with Crippen molar-refractivity contribution in [1.29, 1.82) is 5.26 Å². The first-order valence-electron chi connectivity index (χ1n) is 8.47. The Balaban J connectivity index is 1.76. The molecule has 0 saturated carbocycles. The molecule has 0 saturated heterocycles. The average molecular weight is 382 g/mol. The van der Waals surface area contributed by atoms with Gasteiger partial charge in [0.05, 0.1) is 22.1 Å². The third-order valence-electron chi connectivity index (χ3n) is 4.72. The van der Waals surface area contributed by atoms with Crippen LogP contribution >= 0.6 is 22.9 Å². The lowest BCUT2D eigenvalue weighted by atomic mass is 9.89. The third kappa shape index (κ3) is 3.07. The average Bonchev–Trinajstić information content (AvgIpc) is 3.00. The van der Waals surface area contributed by atoms with Crippen LogP contribution in [0.25, 0.3) is 21.3 Å². The Kier molecular flexibility index (Phi) is 4.39. The van der Waals surface area contributed by atoms with Crippen molar-refractivity contribution in [3.8, 4) is 6.07 Å². The van der Waals surface area contributed by atoms with Gasteiger partial charge in [0.25, 0.3) is 5.56 Å². The quantitative estimate of drug-likeness (QED) is 0.698. The fourth-order valence-electron chi connectivity index (χ4n) is 3.33. The Morgan fingerprint density at radius 1 is 1.42 bits per heavy atom. The summed E-state index contributed by atoms with van der Waals surface area (Å²) in [5.41, 5.74) is 2.47. The van der Waals surface area contributed by atoms with Crippen LogP contribution in [0.4, 0.5) is 0 Å². The molecule has 3 aromatic rings. The molecule has 130 valence electrons. The number of aryl methyl sites for hydroxylation is 1. The monoisotopic (exact) mass is 381 g/mol. The maximum Gasteiger partial charge on any atom is 0.260 e. The number of fused-ring (bicyclic) bond motifs is 3. The van der Waals surface area contributed by atoms with Crippen molar-refractivity contribution in [2.24, 2.45) is 5.92 Å². The van der Waals surface area contributed by atoms with Crippen molar-refractivity contribution in [1.82, 2.24) is 9.97 Å². The van der Waals surface area contributed by atoms with E-state index in [2.05, 4.69) is 23.0 Å². The van der Waals surface area contributed by atoms with Gasteiger partial charge >= 0.3 is 0 Å². The topological polar surface area (TPSA) is 69.5 Å². The van der Waals surface area contributed by atoms with Gasteiger partial charge in [0.2, 0.25) is 0 Å². The number of halogens is 1. The van der Waals surface area contributed by atoms with Gasteiger partial charge in [-0.05, 0) is 54.5 Å². The lowest BCUT2D eigenvalue weighted by molar-refractivity contribution is 0.509. The number of aromatic amines is 1. The number of benzene rings is 1. The summed E-state index contributed by atoms with van der Waals surface area (Å²) in [4.78, 5) is 22.1. The van der Waals surface area contributed by atoms with Gasteiger partial charge in [-0.2, -0.15) is 5.26 Å². The number of nitrogens with zero attached hydrogens (tertiary/aromatic N) is 2. The minimum absolute atomic E-state index is 0.122. The lowest BCUT2D eigenvalue weighted by Gasteiger charge is -2.17. The highest BCUT2D eigenvalue weighted by molar-refractivity contribution is 7.18. The number of thiophene rings is 1. The van der Waals surface area contributed by atoms with Crippen molar-refractivity contribution in [3.63, 3.8) is 0 Å². The summed E-state index contributed by atoms with van der Waals surface area (Å²) in [6.07, 6.45) is 4.80. The summed E-state index contributed by atoms with van der Waals surface area (Å²) >= 11 is 8.01. The Morgan fingerprint density at radius 2 is 2.19 bits per heavy atom. The van der Waals surface area contributed by atoms with Crippen molar-refractivity contribution < 1.29 is 0 Å². The Morgan fingerprint density at radius 3 is 2.92 bits per heavy atom. The predicted molar refractivity (Wildman–Crippen MR) is 106 cm³/mol. The number of hydrogen-bond donors (Lipinski definition) is 1. The van der Waals surface area contributed by atoms with E-state index >= 15 is 0 Å². The summed E-state index contributed by atoms with van der Waals surface area (Å²) in [6, 6.07) is 9.15. The van der Waals surface area contributed by atoms with Crippen molar-refractivity contribution in [2.75, 3.05) is 0 Å². The van der Waals surface area contributed by atoms with E-state index in [0.717, 1.165) is 40.6 Å². The molecule has 2 aromatic heterocycles. The van der Waals surface area contributed by atoms with Gasteiger partial charge in [-0.1, -0.05) is 30.7 Å².